The predicted molar refractivity (Wildman–Crippen MR) is 111 cm³/mol. The summed E-state index contributed by atoms with van der Waals surface area (Å²) < 4.78 is 28.9. The van der Waals surface area contributed by atoms with E-state index in [4.69, 9.17) is 9.88 Å². The van der Waals surface area contributed by atoms with Gasteiger partial charge < -0.3 is 10.1 Å². The maximum absolute atomic E-state index is 12.2. The molecule has 0 saturated carbocycles. The van der Waals surface area contributed by atoms with Crippen LogP contribution in [0.1, 0.15) is 10.4 Å². The highest BCUT2D eigenvalue weighted by Gasteiger charge is 2.10. The first-order valence-corrected chi connectivity index (χ1v) is 10.5. The molecule has 0 spiro atoms. The van der Waals surface area contributed by atoms with Crippen LogP contribution in [0.15, 0.2) is 70.4 Å². The zero-order valence-corrected chi connectivity index (χ0v) is 16.9. The molecule has 3 aromatic rings. The minimum absolute atomic E-state index is 0.0786. The number of carbonyl (C=O) groups is 1. The summed E-state index contributed by atoms with van der Waals surface area (Å²) >= 11 is 0. The topological polar surface area (TPSA) is 133 Å². The zero-order chi connectivity index (χ0) is 21.7. The third kappa shape index (κ3) is 5.10. The number of sulfonamides is 1. The number of ether oxygens (including phenoxy) is 1. The Morgan fingerprint density at radius 2 is 1.73 bits per heavy atom. The van der Waals surface area contributed by atoms with Crippen molar-refractivity contribution in [2.75, 3.05) is 13.7 Å². The number of nitrogens with one attached hydrogen (secondary N) is 1. The van der Waals surface area contributed by atoms with E-state index in [1.54, 1.807) is 25.3 Å². The monoisotopic (exact) mass is 428 g/mol. The number of hydrogen-bond acceptors (Lipinski definition) is 6. The van der Waals surface area contributed by atoms with Crippen LogP contribution < -0.4 is 20.8 Å². The Labute approximate surface area is 173 Å². The van der Waals surface area contributed by atoms with Gasteiger partial charge in [-0.1, -0.05) is 0 Å². The number of primary sulfonamides is 1. The fraction of sp³-hybridized carbons (Fsp3) is 0.150. The second-order valence-electron chi connectivity index (χ2n) is 6.33. The van der Waals surface area contributed by atoms with Crippen molar-refractivity contribution in [3.05, 3.63) is 76.6 Å². The minimum Gasteiger partial charge on any atom is -0.497 e. The van der Waals surface area contributed by atoms with E-state index in [-0.39, 0.29) is 29.1 Å². The second-order valence-corrected chi connectivity index (χ2v) is 7.90. The van der Waals surface area contributed by atoms with Crippen LogP contribution in [0, 0.1) is 0 Å². The van der Waals surface area contributed by atoms with E-state index in [1.165, 1.54) is 35.0 Å². The van der Waals surface area contributed by atoms with Crippen LogP contribution in [0.25, 0.3) is 11.3 Å². The summed E-state index contributed by atoms with van der Waals surface area (Å²) in [7, 11) is -2.24. The lowest BCUT2D eigenvalue weighted by Gasteiger charge is -2.09. The Kier molecular flexibility index (Phi) is 6.28. The van der Waals surface area contributed by atoms with Gasteiger partial charge in [-0.05, 0) is 54.6 Å². The number of carbonyl (C=O) groups excluding carboxylic acids is 1. The summed E-state index contributed by atoms with van der Waals surface area (Å²) in [6.07, 6.45) is 0. The number of rotatable bonds is 7. The molecule has 0 aliphatic rings. The Hall–Kier alpha value is -3.50. The van der Waals surface area contributed by atoms with Gasteiger partial charge in [0.05, 0.1) is 24.2 Å². The average Bonchev–Trinajstić information content (AvgIpc) is 2.74. The van der Waals surface area contributed by atoms with E-state index < -0.39 is 15.9 Å². The molecule has 0 unspecified atom stereocenters. The quantitative estimate of drug-likeness (QED) is 0.577. The fourth-order valence-corrected chi connectivity index (χ4v) is 3.21. The standard InChI is InChI=1S/C20H20N4O5S/c1-29-16-6-2-14(3-7-16)18-10-11-19(25)24(23-18)13-12-22-20(26)15-4-8-17(9-5-15)30(21,27)28/h2-11H,12-13H2,1H3,(H,22,26)(H2,21,27,28). The molecular weight excluding hydrogens is 408 g/mol. The summed E-state index contributed by atoms with van der Waals surface area (Å²) in [5.74, 6) is 0.308. The maximum Gasteiger partial charge on any atom is 0.266 e. The van der Waals surface area contributed by atoms with E-state index in [9.17, 15) is 18.0 Å². The Balaban J connectivity index is 1.65. The lowest BCUT2D eigenvalue weighted by molar-refractivity contribution is 0.0951. The molecule has 0 bridgehead atoms. The van der Waals surface area contributed by atoms with Crippen molar-refractivity contribution in [1.29, 1.82) is 0 Å². The Bertz CT molecular complexity index is 1200. The summed E-state index contributed by atoms with van der Waals surface area (Å²) in [5.41, 5.74) is 1.42. The number of nitrogens with two attached hydrogens (primary N) is 1. The van der Waals surface area contributed by atoms with E-state index in [0.717, 1.165) is 5.56 Å². The summed E-state index contributed by atoms with van der Waals surface area (Å²) in [4.78, 5) is 24.2. The van der Waals surface area contributed by atoms with Gasteiger partial charge in [-0.2, -0.15) is 5.10 Å². The number of benzene rings is 2. The third-order valence-corrected chi connectivity index (χ3v) is 5.24. The first kappa shape index (κ1) is 21.2. The molecule has 0 saturated heterocycles. The minimum atomic E-state index is -3.82. The molecule has 1 amide bonds. The molecular formula is C20H20N4O5S. The molecule has 0 aliphatic carbocycles. The number of nitrogens with zero attached hydrogens (tertiary/aromatic N) is 2. The van der Waals surface area contributed by atoms with Crippen LogP contribution in [0.4, 0.5) is 0 Å². The highest BCUT2D eigenvalue weighted by Crippen LogP contribution is 2.19. The number of hydrogen-bond donors (Lipinski definition) is 2. The van der Waals surface area contributed by atoms with Crippen molar-refractivity contribution in [2.24, 2.45) is 5.14 Å². The maximum atomic E-state index is 12.2. The van der Waals surface area contributed by atoms with Crippen LogP contribution >= 0.6 is 0 Å². The first-order chi connectivity index (χ1) is 14.3. The average molecular weight is 428 g/mol. The summed E-state index contributed by atoms with van der Waals surface area (Å²) in [6, 6.07) is 15.6. The van der Waals surface area contributed by atoms with Crippen molar-refractivity contribution in [3.8, 4) is 17.0 Å². The molecule has 2 aromatic carbocycles. The molecule has 0 atom stereocenters. The smallest absolute Gasteiger partial charge is 0.266 e. The van der Waals surface area contributed by atoms with Crippen LogP contribution in [-0.4, -0.2) is 37.8 Å². The van der Waals surface area contributed by atoms with Crippen LogP contribution in [0.2, 0.25) is 0 Å². The molecule has 30 heavy (non-hydrogen) atoms. The molecule has 3 rings (SSSR count). The molecule has 0 radical (unpaired) electrons. The van der Waals surface area contributed by atoms with Gasteiger partial charge in [0.25, 0.3) is 11.5 Å². The van der Waals surface area contributed by atoms with Crippen molar-refractivity contribution < 1.29 is 17.9 Å². The van der Waals surface area contributed by atoms with Crippen LogP contribution in [0.3, 0.4) is 0 Å². The SMILES string of the molecule is COc1ccc(-c2ccc(=O)n(CCNC(=O)c3ccc(S(N)(=O)=O)cc3)n2)cc1. The number of amides is 1. The van der Waals surface area contributed by atoms with Crippen molar-refractivity contribution in [3.63, 3.8) is 0 Å². The van der Waals surface area contributed by atoms with Gasteiger partial charge in [0, 0.05) is 23.7 Å². The molecule has 0 aliphatic heterocycles. The summed E-state index contributed by atoms with van der Waals surface area (Å²) in [5, 5.41) is 12.0. The van der Waals surface area contributed by atoms with Gasteiger partial charge >= 0.3 is 0 Å². The van der Waals surface area contributed by atoms with Gasteiger partial charge in [-0.15, -0.1) is 0 Å². The van der Waals surface area contributed by atoms with Gasteiger partial charge in [0.2, 0.25) is 10.0 Å². The molecule has 10 heteroatoms. The lowest BCUT2D eigenvalue weighted by atomic mass is 10.1. The largest absolute Gasteiger partial charge is 0.497 e. The molecule has 1 heterocycles. The predicted octanol–water partition coefficient (Wildman–Crippen LogP) is 0.996. The van der Waals surface area contributed by atoms with Gasteiger partial charge in [0.15, 0.2) is 0 Å². The van der Waals surface area contributed by atoms with Crippen molar-refractivity contribution in [2.45, 2.75) is 11.4 Å². The highest BCUT2D eigenvalue weighted by molar-refractivity contribution is 7.89. The van der Waals surface area contributed by atoms with Crippen LogP contribution in [0.5, 0.6) is 5.75 Å². The highest BCUT2D eigenvalue weighted by atomic mass is 32.2. The van der Waals surface area contributed by atoms with Crippen molar-refractivity contribution in [1.82, 2.24) is 15.1 Å². The van der Waals surface area contributed by atoms with E-state index >= 15 is 0 Å². The van der Waals surface area contributed by atoms with Crippen LogP contribution in [-0.2, 0) is 16.6 Å². The zero-order valence-electron chi connectivity index (χ0n) is 16.1. The molecule has 156 valence electrons. The molecule has 0 fully saturated rings. The van der Waals surface area contributed by atoms with E-state index in [1.807, 2.05) is 12.1 Å². The number of aromatic nitrogens is 2. The molecule has 9 nitrogen and oxygen atoms in total. The third-order valence-electron chi connectivity index (χ3n) is 4.31. The van der Waals surface area contributed by atoms with Crippen molar-refractivity contribution >= 4 is 15.9 Å². The Morgan fingerprint density at radius 3 is 2.33 bits per heavy atom. The Morgan fingerprint density at radius 1 is 1.07 bits per heavy atom. The second kappa shape index (κ2) is 8.89. The number of methoxy groups -OCH3 is 1. The molecule has 3 N–H and O–H groups in total. The fourth-order valence-electron chi connectivity index (χ4n) is 2.70. The lowest BCUT2D eigenvalue weighted by Crippen LogP contribution is -2.32. The first-order valence-electron chi connectivity index (χ1n) is 8.91. The van der Waals surface area contributed by atoms with Gasteiger partial charge in [0.1, 0.15) is 5.75 Å². The normalized spacial score (nSPS) is 11.1. The molecule has 1 aromatic heterocycles. The summed E-state index contributed by atoms with van der Waals surface area (Å²) in [6.45, 7) is 0.332. The van der Waals surface area contributed by atoms with Gasteiger partial charge in [-0.3, -0.25) is 9.59 Å². The van der Waals surface area contributed by atoms with Gasteiger partial charge in [-0.25, -0.2) is 18.2 Å². The van der Waals surface area contributed by atoms with E-state index in [2.05, 4.69) is 10.4 Å². The van der Waals surface area contributed by atoms with E-state index in [0.29, 0.717) is 11.4 Å².